The normalized spacial score (nSPS) is 22.1. The van der Waals surface area contributed by atoms with Crippen LogP contribution < -0.4 is 10.6 Å². The zero-order valence-corrected chi connectivity index (χ0v) is 32.2. The molecule has 3 fully saturated rings. The lowest BCUT2D eigenvalue weighted by atomic mass is 9.93. The largest absolute Gasteiger partial charge is 0.394 e. The quantitative estimate of drug-likeness (QED) is 0.168. The number of nitrogens with zero attached hydrogens (tertiary/aromatic N) is 6. The third-order valence-electron chi connectivity index (χ3n) is 10.8. The van der Waals surface area contributed by atoms with Crippen LogP contribution in [0, 0.1) is 42.4 Å². The van der Waals surface area contributed by atoms with Gasteiger partial charge in [0.15, 0.2) is 11.5 Å². The lowest BCUT2D eigenvalue weighted by molar-refractivity contribution is -0.125. The molecule has 2 saturated heterocycles. The van der Waals surface area contributed by atoms with Gasteiger partial charge in [-0.15, -0.1) is 23.7 Å². The molecule has 1 aliphatic carbocycles. The Morgan fingerprint density at radius 2 is 1.49 bits per heavy atom. The molecule has 6 N–H and O–H groups in total. The van der Waals surface area contributed by atoms with Crippen LogP contribution in [0.25, 0.3) is 11.2 Å². The number of carbonyl (C=O) groups excluding carboxylic acids is 2. The number of aliphatic hydroxyl groups is 4. The topological polar surface area (TPSA) is 189 Å². The lowest BCUT2D eigenvalue weighted by Crippen LogP contribution is -2.49. The molecule has 55 heavy (non-hydrogen) atoms. The van der Waals surface area contributed by atoms with Crippen LogP contribution in [0.1, 0.15) is 76.2 Å². The number of piperidine rings is 2. The van der Waals surface area contributed by atoms with Gasteiger partial charge in [0, 0.05) is 39.0 Å². The molecule has 0 bridgehead atoms. The Labute approximate surface area is 323 Å². The van der Waals surface area contributed by atoms with Gasteiger partial charge < -0.3 is 45.4 Å². The molecule has 1 aromatic carbocycles. The van der Waals surface area contributed by atoms with Crippen LogP contribution in [-0.4, -0.2) is 125 Å². The van der Waals surface area contributed by atoms with Crippen molar-refractivity contribution >= 4 is 28.9 Å². The van der Waals surface area contributed by atoms with Gasteiger partial charge >= 0.3 is 6.03 Å². The summed E-state index contributed by atoms with van der Waals surface area (Å²) < 4.78 is 1.67. The molecule has 0 radical (unpaired) electrons. The molecule has 3 aliphatic rings. The Balaban J connectivity index is 0.000000229. The van der Waals surface area contributed by atoms with Crippen LogP contribution in [0.3, 0.4) is 0 Å². The fourth-order valence-corrected chi connectivity index (χ4v) is 7.65. The van der Waals surface area contributed by atoms with Gasteiger partial charge in [-0.3, -0.25) is 4.79 Å². The molecule has 5 atom stereocenters. The molecule has 3 aromatic rings. The van der Waals surface area contributed by atoms with E-state index in [0.29, 0.717) is 41.1 Å². The van der Waals surface area contributed by atoms with Crippen LogP contribution in [0.5, 0.6) is 0 Å². The molecule has 14 nitrogen and oxygen atoms in total. The van der Waals surface area contributed by atoms with E-state index in [1.54, 1.807) is 11.5 Å². The van der Waals surface area contributed by atoms with Crippen LogP contribution in [0.15, 0.2) is 36.7 Å². The SMILES string of the molecule is CC#CCC1CCN(C(=O)N2CCC(CC#CC)CC2)CC1.Cc1nc(N[C@H](CO)Cc2ccccc2)c2ncn([C@@H]3C[C@H](NC(=O)CO)[C@@H](O)[C@H]3O)c2n1. The van der Waals surface area contributed by atoms with E-state index in [-0.39, 0.29) is 25.1 Å². The first kappa shape index (κ1) is 41.4. The highest BCUT2D eigenvalue weighted by atomic mass is 16.3. The van der Waals surface area contributed by atoms with Crippen molar-refractivity contribution in [2.24, 2.45) is 11.8 Å². The Bertz CT molecular complexity index is 1790. The van der Waals surface area contributed by atoms with Gasteiger partial charge in [-0.1, -0.05) is 30.3 Å². The maximum atomic E-state index is 12.6. The number of aromatic nitrogens is 4. The van der Waals surface area contributed by atoms with Crippen molar-refractivity contribution in [3.8, 4) is 23.7 Å². The van der Waals surface area contributed by atoms with Gasteiger partial charge in [-0.05, 0) is 76.7 Å². The highest BCUT2D eigenvalue weighted by Crippen LogP contribution is 2.34. The standard InChI is InChI=1S/C22H28N6O5.C19H28N2O/c1-12-24-21(26-14(9-29)7-13-5-3-2-4-6-13)18-22(25-12)28(11-23-18)16-8-15(19(32)20(16)33)27-17(31)10-30;1-3-5-7-17-9-13-20(14-10-17)19(22)21-15-11-18(12-16-21)8-6-4-2/h2-6,11,14-16,19-20,29-30,32-33H,7-10H2,1H3,(H,27,31)(H,24,25,26);17-18H,7-16H2,1-2H3/t14-,15-,16+,19+,20-;/m0./s1. The van der Waals surface area contributed by atoms with Gasteiger partial charge in [0.05, 0.1) is 31.1 Å². The number of likely N-dealkylation sites (tertiary alicyclic amines) is 2. The molecule has 0 spiro atoms. The van der Waals surface area contributed by atoms with Gasteiger partial charge in [0.2, 0.25) is 5.91 Å². The Morgan fingerprint density at radius 1 is 0.891 bits per heavy atom. The minimum atomic E-state index is -1.20. The smallest absolute Gasteiger partial charge is 0.319 e. The molecule has 14 heteroatoms. The number of aliphatic hydroxyl groups excluding tert-OH is 4. The van der Waals surface area contributed by atoms with E-state index in [1.165, 1.54) is 6.33 Å². The zero-order valence-electron chi connectivity index (χ0n) is 32.2. The van der Waals surface area contributed by atoms with Crippen LogP contribution in [-0.2, 0) is 11.2 Å². The first-order valence-corrected chi connectivity index (χ1v) is 19.4. The van der Waals surface area contributed by atoms with E-state index in [2.05, 4.69) is 49.3 Å². The molecule has 1 saturated carbocycles. The number of hydrogen-bond donors (Lipinski definition) is 6. The van der Waals surface area contributed by atoms with Crippen molar-refractivity contribution in [3.05, 3.63) is 48.0 Å². The first-order valence-electron chi connectivity index (χ1n) is 19.4. The summed E-state index contributed by atoms with van der Waals surface area (Å²) in [6.07, 6.45) is 6.35. The maximum Gasteiger partial charge on any atom is 0.319 e. The number of benzene rings is 1. The molecule has 4 heterocycles. The molecule has 0 unspecified atom stereocenters. The van der Waals surface area contributed by atoms with Gasteiger partial charge in [-0.25, -0.2) is 19.7 Å². The summed E-state index contributed by atoms with van der Waals surface area (Å²) in [5, 5.41) is 45.7. The number of fused-ring (bicyclic) bond motifs is 1. The van der Waals surface area contributed by atoms with Crippen LogP contribution >= 0.6 is 0 Å². The Hall–Kier alpha value is -4.73. The highest BCUT2D eigenvalue weighted by molar-refractivity contribution is 5.83. The van der Waals surface area contributed by atoms with E-state index >= 15 is 0 Å². The fourth-order valence-electron chi connectivity index (χ4n) is 7.65. The minimum absolute atomic E-state index is 0.111. The molecular formula is C41H56N8O6. The number of carbonyl (C=O) groups is 2. The van der Waals surface area contributed by atoms with E-state index in [1.807, 2.05) is 54.0 Å². The maximum absolute atomic E-state index is 12.6. The average molecular weight is 757 g/mol. The third kappa shape index (κ3) is 10.9. The van der Waals surface area contributed by atoms with Crippen molar-refractivity contribution in [1.29, 1.82) is 0 Å². The predicted molar refractivity (Wildman–Crippen MR) is 210 cm³/mol. The Kier molecular flexibility index (Phi) is 15.3. The number of hydrogen-bond acceptors (Lipinski definition) is 10. The van der Waals surface area contributed by atoms with Crippen molar-refractivity contribution in [2.45, 2.75) is 102 Å². The predicted octanol–water partition coefficient (Wildman–Crippen LogP) is 2.65. The summed E-state index contributed by atoms with van der Waals surface area (Å²) in [6.45, 7) is 8.31. The van der Waals surface area contributed by atoms with E-state index in [0.717, 1.165) is 70.3 Å². The zero-order chi connectivity index (χ0) is 39.3. The summed E-state index contributed by atoms with van der Waals surface area (Å²) in [4.78, 5) is 41.6. The molecule has 6 rings (SSSR count). The lowest BCUT2D eigenvalue weighted by Gasteiger charge is -2.38. The van der Waals surface area contributed by atoms with Crippen molar-refractivity contribution in [2.75, 3.05) is 44.7 Å². The number of aryl methyl sites for hydroxylation is 1. The summed E-state index contributed by atoms with van der Waals surface area (Å²) >= 11 is 0. The van der Waals surface area contributed by atoms with Crippen molar-refractivity contribution in [1.82, 2.24) is 34.6 Å². The molecule has 2 aromatic heterocycles. The molecular weight excluding hydrogens is 701 g/mol. The first-order chi connectivity index (χ1) is 26.6. The molecule has 296 valence electrons. The van der Waals surface area contributed by atoms with Gasteiger partial charge in [0.25, 0.3) is 0 Å². The average Bonchev–Trinajstić information content (AvgIpc) is 3.75. The van der Waals surface area contributed by atoms with E-state index in [9.17, 15) is 24.9 Å². The number of imidazole rings is 1. The summed E-state index contributed by atoms with van der Waals surface area (Å²) in [5.74, 6) is 13.9. The highest BCUT2D eigenvalue weighted by Gasteiger charge is 2.44. The third-order valence-corrected chi connectivity index (χ3v) is 10.8. The molecule has 3 amide bonds. The fraction of sp³-hybridized carbons (Fsp3) is 0.585. The summed E-state index contributed by atoms with van der Waals surface area (Å²) in [7, 11) is 0. The second kappa shape index (κ2) is 20.3. The summed E-state index contributed by atoms with van der Waals surface area (Å²) in [6, 6.07) is 8.43. The van der Waals surface area contributed by atoms with Crippen molar-refractivity contribution in [3.63, 3.8) is 0 Å². The Morgan fingerprint density at radius 3 is 2.04 bits per heavy atom. The van der Waals surface area contributed by atoms with Crippen LogP contribution in [0.4, 0.5) is 10.6 Å². The monoisotopic (exact) mass is 756 g/mol. The number of urea groups is 1. The minimum Gasteiger partial charge on any atom is -0.394 e. The number of nitrogens with one attached hydrogen (secondary N) is 2. The molecule has 2 aliphatic heterocycles. The van der Waals surface area contributed by atoms with E-state index in [4.69, 9.17) is 5.11 Å². The van der Waals surface area contributed by atoms with Crippen LogP contribution in [0.2, 0.25) is 0 Å². The summed E-state index contributed by atoms with van der Waals surface area (Å²) in [5.41, 5.74) is 2.00. The number of rotatable bonds is 10. The van der Waals surface area contributed by atoms with E-state index < -0.39 is 36.8 Å². The second-order valence-electron chi connectivity index (χ2n) is 14.7. The van der Waals surface area contributed by atoms with Gasteiger partial charge in [-0.2, -0.15) is 0 Å². The second-order valence-corrected chi connectivity index (χ2v) is 14.7. The van der Waals surface area contributed by atoms with Gasteiger partial charge in [0.1, 0.15) is 30.2 Å². The number of amides is 3. The number of anilines is 1. The van der Waals surface area contributed by atoms with Crippen molar-refractivity contribution < 1.29 is 30.0 Å².